The molecular formula is C20H20N2O4S. The molecule has 0 bridgehead atoms. The van der Waals surface area contributed by atoms with Crippen LogP contribution >= 0.6 is 11.3 Å². The van der Waals surface area contributed by atoms with Crippen LogP contribution in [-0.2, 0) is 24.3 Å². The molecule has 2 amide bonds. The van der Waals surface area contributed by atoms with Gasteiger partial charge in [0.05, 0.1) is 19.4 Å². The zero-order valence-electron chi connectivity index (χ0n) is 14.6. The normalized spacial score (nSPS) is 11.7. The van der Waals surface area contributed by atoms with Crippen LogP contribution in [0.25, 0.3) is 0 Å². The highest BCUT2D eigenvalue weighted by atomic mass is 32.1. The van der Waals surface area contributed by atoms with Gasteiger partial charge in [-0.15, -0.1) is 11.3 Å². The zero-order valence-corrected chi connectivity index (χ0v) is 15.4. The van der Waals surface area contributed by atoms with Gasteiger partial charge in [0.1, 0.15) is 11.8 Å². The predicted octanol–water partition coefficient (Wildman–Crippen LogP) is 3.75. The fourth-order valence-corrected chi connectivity index (χ4v) is 3.53. The molecule has 1 aromatic carbocycles. The number of hydrogen-bond donors (Lipinski definition) is 2. The second-order valence-corrected chi connectivity index (χ2v) is 7.08. The average Bonchev–Trinajstić information content (AvgIpc) is 3.34. The number of nitrogens with zero attached hydrogens (tertiary/aromatic N) is 1. The van der Waals surface area contributed by atoms with E-state index in [1.807, 2.05) is 47.8 Å². The number of carbonyl (C=O) groups excluding carboxylic acids is 1. The summed E-state index contributed by atoms with van der Waals surface area (Å²) in [5.74, 6) is 0.361. The predicted molar refractivity (Wildman–Crippen MR) is 102 cm³/mol. The van der Waals surface area contributed by atoms with Crippen molar-refractivity contribution >= 4 is 23.3 Å². The molecule has 27 heavy (non-hydrogen) atoms. The van der Waals surface area contributed by atoms with Gasteiger partial charge in [0, 0.05) is 11.3 Å². The van der Waals surface area contributed by atoms with Crippen LogP contribution in [0, 0.1) is 0 Å². The molecule has 0 saturated carbocycles. The Morgan fingerprint density at radius 2 is 1.89 bits per heavy atom. The molecule has 0 aliphatic carbocycles. The van der Waals surface area contributed by atoms with Gasteiger partial charge in [-0.1, -0.05) is 36.4 Å². The van der Waals surface area contributed by atoms with Gasteiger partial charge < -0.3 is 19.7 Å². The number of carbonyl (C=O) groups is 2. The van der Waals surface area contributed by atoms with E-state index in [0.717, 1.165) is 10.4 Å². The van der Waals surface area contributed by atoms with Gasteiger partial charge in [-0.05, 0) is 29.1 Å². The summed E-state index contributed by atoms with van der Waals surface area (Å²) < 4.78 is 5.39. The van der Waals surface area contributed by atoms with Crippen LogP contribution in [0.3, 0.4) is 0 Å². The van der Waals surface area contributed by atoms with Gasteiger partial charge in [-0.3, -0.25) is 4.79 Å². The van der Waals surface area contributed by atoms with Crippen LogP contribution < -0.4 is 5.32 Å². The summed E-state index contributed by atoms with van der Waals surface area (Å²) in [4.78, 5) is 27.1. The van der Waals surface area contributed by atoms with E-state index in [-0.39, 0.29) is 18.9 Å². The highest BCUT2D eigenvalue weighted by Crippen LogP contribution is 2.17. The number of carboxylic acid groups (broad SMARTS) is 1. The van der Waals surface area contributed by atoms with Crippen LogP contribution in [-0.4, -0.2) is 28.0 Å². The van der Waals surface area contributed by atoms with Crippen molar-refractivity contribution in [2.75, 3.05) is 0 Å². The lowest BCUT2D eigenvalue weighted by Crippen LogP contribution is -2.48. The van der Waals surface area contributed by atoms with E-state index >= 15 is 0 Å². The highest BCUT2D eigenvalue weighted by molar-refractivity contribution is 7.09. The minimum atomic E-state index is -1.22. The largest absolute Gasteiger partial charge is 0.467 e. The molecule has 2 aromatic heterocycles. The summed E-state index contributed by atoms with van der Waals surface area (Å²) in [6, 6.07) is 15.9. The number of hydrogen-bond acceptors (Lipinski definition) is 4. The van der Waals surface area contributed by atoms with Gasteiger partial charge >= 0.3 is 6.09 Å². The number of amides is 2. The molecule has 0 aliphatic heterocycles. The first kappa shape index (κ1) is 18.7. The third-order valence-corrected chi connectivity index (χ3v) is 4.90. The Bertz CT molecular complexity index is 811. The zero-order chi connectivity index (χ0) is 19.1. The summed E-state index contributed by atoms with van der Waals surface area (Å²) in [6.07, 6.45) is 0.615. The minimum Gasteiger partial charge on any atom is -0.467 e. The van der Waals surface area contributed by atoms with Crippen LogP contribution in [0.5, 0.6) is 0 Å². The van der Waals surface area contributed by atoms with Gasteiger partial charge in [0.25, 0.3) is 0 Å². The molecule has 0 spiro atoms. The van der Waals surface area contributed by atoms with E-state index in [9.17, 15) is 14.7 Å². The summed E-state index contributed by atoms with van der Waals surface area (Å²) in [5.41, 5.74) is 0.888. The molecule has 7 heteroatoms. The number of rotatable bonds is 8. The van der Waals surface area contributed by atoms with E-state index in [1.165, 1.54) is 0 Å². The maximum Gasteiger partial charge on any atom is 0.405 e. The molecule has 1 atom stereocenters. The molecular weight excluding hydrogens is 364 g/mol. The summed E-state index contributed by atoms with van der Waals surface area (Å²) in [5, 5.41) is 13.5. The van der Waals surface area contributed by atoms with Crippen LogP contribution in [0.1, 0.15) is 16.2 Å². The Balaban J connectivity index is 1.81. The smallest absolute Gasteiger partial charge is 0.405 e. The summed E-state index contributed by atoms with van der Waals surface area (Å²) in [7, 11) is 0. The molecule has 140 valence electrons. The molecule has 3 rings (SSSR count). The lowest BCUT2D eigenvalue weighted by atomic mass is 10.0. The van der Waals surface area contributed by atoms with Crippen molar-refractivity contribution in [2.45, 2.75) is 25.6 Å². The van der Waals surface area contributed by atoms with Crippen LogP contribution in [0.15, 0.2) is 70.7 Å². The third kappa shape index (κ3) is 5.46. The summed E-state index contributed by atoms with van der Waals surface area (Å²) >= 11 is 1.55. The number of thiophene rings is 1. The van der Waals surface area contributed by atoms with Crippen LogP contribution in [0.2, 0.25) is 0 Å². The minimum absolute atomic E-state index is 0.274. The number of benzene rings is 1. The Kier molecular flexibility index (Phi) is 6.27. The molecule has 6 nitrogen and oxygen atoms in total. The Labute approximate surface area is 161 Å². The number of furan rings is 1. The van der Waals surface area contributed by atoms with Gasteiger partial charge in [0.15, 0.2) is 0 Å². The van der Waals surface area contributed by atoms with Gasteiger partial charge in [-0.2, -0.15) is 0 Å². The van der Waals surface area contributed by atoms with Gasteiger partial charge in [-0.25, -0.2) is 4.79 Å². The van der Waals surface area contributed by atoms with E-state index < -0.39 is 12.1 Å². The molecule has 3 aromatic rings. The Morgan fingerprint density at radius 1 is 1.07 bits per heavy atom. The van der Waals surface area contributed by atoms with Crippen molar-refractivity contribution < 1.29 is 19.1 Å². The van der Waals surface area contributed by atoms with E-state index in [2.05, 4.69) is 5.32 Å². The van der Waals surface area contributed by atoms with Gasteiger partial charge in [0.2, 0.25) is 5.91 Å². The van der Waals surface area contributed by atoms with Crippen molar-refractivity contribution in [3.8, 4) is 0 Å². The SMILES string of the molecule is O=C(O)NC(Cc1ccccc1)C(=O)N(Cc1ccco1)Cc1cccs1. The second kappa shape index (κ2) is 9.05. The lowest BCUT2D eigenvalue weighted by Gasteiger charge is -2.26. The number of nitrogens with one attached hydrogen (secondary N) is 1. The molecule has 0 aliphatic rings. The Morgan fingerprint density at radius 3 is 2.52 bits per heavy atom. The monoisotopic (exact) mass is 384 g/mol. The first-order chi connectivity index (χ1) is 13.1. The van der Waals surface area contributed by atoms with Crippen molar-refractivity contribution in [1.82, 2.24) is 10.2 Å². The molecule has 0 radical (unpaired) electrons. The average molecular weight is 384 g/mol. The summed E-state index contributed by atoms with van der Waals surface area (Å²) in [6.45, 7) is 0.667. The van der Waals surface area contributed by atoms with E-state index in [1.54, 1.807) is 34.6 Å². The fraction of sp³-hybridized carbons (Fsp3) is 0.200. The quantitative estimate of drug-likeness (QED) is 0.620. The van der Waals surface area contributed by atoms with Crippen molar-refractivity contribution in [3.05, 3.63) is 82.4 Å². The van der Waals surface area contributed by atoms with Crippen molar-refractivity contribution in [2.24, 2.45) is 0 Å². The molecule has 0 fully saturated rings. The fourth-order valence-electron chi connectivity index (χ4n) is 2.81. The second-order valence-electron chi connectivity index (χ2n) is 6.04. The third-order valence-electron chi connectivity index (χ3n) is 4.04. The molecule has 2 N–H and O–H groups in total. The topological polar surface area (TPSA) is 82.8 Å². The van der Waals surface area contributed by atoms with Crippen molar-refractivity contribution in [1.29, 1.82) is 0 Å². The van der Waals surface area contributed by atoms with E-state index in [0.29, 0.717) is 12.3 Å². The highest BCUT2D eigenvalue weighted by Gasteiger charge is 2.27. The van der Waals surface area contributed by atoms with Crippen molar-refractivity contribution in [3.63, 3.8) is 0 Å². The molecule has 0 saturated heterocycles. The Hall–Kier alpha value is -3.06. The van der Waals surface area contributed by atoms with E-state index in [4.69, 9.17) is 4.42 Å². The molecule has 2 heterocycles. The lowest BCUT2D eigenvalue weighted by molar-refractivity contribution is -0.134. The van der Waals surface area contributed by atoms with Crippen LogP contribution in [0.4, 0.5) is 4.79 Å². The maximum atomic E-state index is 13.2. The maximum absolute atomic E-state index is 13.2. The first-order valence-electron chi connectivity index (χ1n) is 8.49. The standard InChI is InChI=1S/C20H20N2O4S/c23-19(18(21-20(24)25)12-15-6-2-1-3-7-15)22(13-16-8-4-10-26-16)14-17-9-5-11-27-17/h1-11,18,21H,12-14H2,(H,24,25). The molecule has 1 unspecified atom stereocenters. The first-order valence-corrected chi connectivity index (χ1v) is 9.36.